The second-order valence-corrected chi connectivity index (χ2v) is 23.1. The van der Waals surface area contributed by atoms with Crippen molar-refractivity contribution in [1.82, 2.24) is 0 Å². The molecule has 18 unspecified atom stereocenters. The van der Waals surface area contributed by atoms with Gasteiger partial charge in [-0.1, -0.05) is 152 Å². The van der Waals surface area contributed by atoms with Crippen molar-refractivity contribution < 1.29 is 0 Å². The van der Waals surface area contributed by atoms with Crippen molar-refractivity contribution in [2.24, 2.45) is 94.7 Å². The average molecular weight is 825 g/mol. The van der Waals surface area contributed by atoms with Gasteiger partial charge in [0.05, 0.1) is 0 Å². The lowest BCUT2D eigenvalue weighted by Crippen LogP contribution is -2.54. The van der Waals surface area contributed by atoms with Gasteiger partial charge in [-0.25, -0.2) is 0 Å². The largest absolute Gasteiger partial charge is 0.0882 e. The molecule has 0 N–H and O–H groups in total. The first-order chi connectivity index (χ1) is 31.2. The molecule has 0 saturated heterocycles. The molecule has 18 atom stereocenters. The Balaban J connectivity index is 0.953. The van der Waals surface area contributed by atoms with Gasteiger partial charge in [0.1, 0.15) is 0 Å². The van der Waals surface area contributed by atoms with Gasteiger partial charge >= 0.3 is 0 Å². The Labute approximate surface area is 378 Å². The Morgan fingerprint density at radius 1 is 0.476 bits per heavy atom. The van der Waals surface area contributed by atoms with Crippen molar-refractivity contribution in [3.63, 3.8) is 0 Å². The molecule has 63 heavy (non-hydrogen) atoms. The van der Waals surface area contributed by atoms with E-state index in [4.69, 9.17) is 0 Å². The van der Waals surface area contributed by atoms with Crippen molar-refractivity contribution >= 4 is 16.3 Å². The van der Waals surface area contributed by atoms with Gasteiger partial charge in [-0.05, 0) is 227 Å². The highest BCUT2D eigenvalue weighted by Gasteiger charge is 2.70. The Morgan fingerprint density at radius 3 is 2.03 bits per heavy atom. The first-order valence-electron chi connectivity index (χ1n) is 26.3. The summed E-state index contributed by atoms with van der Waals surface area (Å²) in [4.78, 5) is 0. The van der Waals surface area contributed by atoms with Crippen molar-refractivity contribution in [2.75, 3.05) is 0 Å². The molecule has 0 radical (unpaired) electrons. The van der Waals surface area contributed by atoms with Crippen LogP contribution in [-0.4, -0.2) is 0 Å². The number of rotatable bonds is 4. The lowest BCUT2D eigenvalue weighted by atomic mass is 9.43. The molecule has 0 bridgehead atoms. The highest BCUT2D eigenvalue weighted by Crippen LogP contribution is 2.77. The molecule has 0 aromatic heterocycles. The molecular weight excluding hydrogens is 757 g/mol. The predicted octanol–water partition coefficient (Wildman–Crippen LogP) is 16.0. The number of fused-ring (bicyclic) bond motifs is 11. The van der Waals surface area contributed by atoms with Crippen LogP contribution in [0.3, 0.4) is 0 Å². The molecule has 0 heterocycles. The van der Waals surface area contributed by atoms with Crippen molar-refractivity contribution in [3.05, 3.63) is 162 Å². The number of aryl methyl sites for hydroxylation is 1. The van der Waals surface area contributed by atoms with Crippen molar-refractivity contribution in [3.8, 4) is 11.1 Å². The third-order valence-electron chi connectivity index (χ3n) is 21.2. The third-order valence-corrected chi connectivity index (χ3v) is 21.2. The van der Waals surface area contributed by atoms with Crippen LogP contribution in [0.2, 0.25) is 0 Å². The van der Waals surface area contributed by atoms with E-state index in [1.807, 2.05) is 0 Å². The highest BCUT2D eigenvalue weighted by atomic mass is 14.7. The zero-order valence-electron chi connectivity index (χ0n) is 37.7. The summed E-state index contributed by atoms with van der Waals surface area (Å²) in [6.07, 6.45) is 25.5. The molecule has 0 aliphatic heterocycles. The zero-order chi connectivity index (χ0) is 41.3. The Morgan fingerprint density at radius 2 is 1.17 bits per heavy atom. The van der Waals surface area contributed by atoms with Crippen LogP contribution in [0.5, 0.6) is 0 Å². The van der Waals surface area contributed by atoms with Crippen LogP contribution in [0, 0.1) is 102 Å². The molecular formula is C63H68. The van der Waals surface area contributed by atoms with E-state index in [1.54, 1.807) is 27.8 Å². The quantitative estimate of drug-likeness (QED) is 0.158. The summed E-state index contributed by atoms with van der Waals surface area (Å²) in [5, 5.41) is 2.88. The van der Waals surface area contributed by atoms with Crippen molar-refractivity contribution in [1.29, 1.82) is 0 Å². The van der Waals surface area contributed by atoms with E-state index in [2.05, 4.69) is 146 Å². The first kappa shape index (κ1) is 38.1. The molecule has 7 fully saturated rings. The molecule has 7 saturated carbocycles. The van der Waals surface area contributed by atoms with E-state index in [-0.39, 0.29) is 0 Å². The van der Waals surface area contributed by atoms with E-state index in [0.29, 0.717) is 11.8 Å². The van der Waals surface area contributed by atoms with E-state index in [0.717, 1.165) is 94.7 Å². The number of allylic oxidation sites excluding steroid dienone is 4. The summed E-state index contributed by atoms with van der Waals surface area (Å²) in [5.74, 6) is 14.8. The molecule has 5 aromatic carbocycles. The smallest absolute Gasteiger partial charge is 0.00903 e. The summed E-state index contributed by atoms with van der Waals surface area (Å²) < 4.78 is 0. The van der Waals surface area contributed by atoms with Crippen molar-refractivity contribution in [2.45, 2.75) is 95.8 Å². The van der Waals surface area contributed by atoms with Gasteiger partial charge in [-0.15, -0.1) is 0 Å². The molecule has 0 spiro atoms. The second-order valence-electron chi connectivity index (χ2n) is 23.1. The molecule has 9 aliphatic carbocycles. The topological polar surface area (TPSA) is 0 Å². The Bertz CT molecular complexity index is 2580. The normalized spacial score (nSPS) is 41.6. The van der Waals surface area contributed by atoms with Gasteiger partial charge in [-0.3, -0.25) is 0 Å². The standard InChI is InChI=1S/C63H68/c1-37-30-31-39-18-8-9-22-44(39)56(37)42-33-32-41-34-54-59-49(52(41)35-42)27-15-29-51(59)62-60(47-25-13-10-21-43(47)38-16-4-2-5-17-38)55-36-53-46-24-12-11-23-45(46)48-26-14-28-50(58(48)53)61(55)57(63(54)62)40-19-6-3-7-20-40/h2-11,13,16-23,25,30-31,35,41,45-46,48-55,57-63H,12,14-15,24,26-29,32-34,36H2,1H3. The minimum atomic E-state index is 0.650. The van der Waals surface area contributed by atoms with E-state index in [1.165, 1.54) is 98.9 Å². The van der Waals surface area contributed by atoms with Gasteiger partial charge < -0.3 is 0 Å². The Hall–Kier alpha value is -4.16. The van der Waals surface area contributed by atoms with Gasteiger partial charge in [0, 0.05) is 0 Å². The zero-order valence-corrected chi connectivity index (χ0v) is 37.7. The van der Waals surface area contributed by atoms with Crippen LogP contribution in [0.25, 0.3) is 27.5 Å². The van der Waals surface area contributed by atoms with E-state index >= 15 is 0 Å². The van der Waals surface area contributed by atoms with Gasteiger partial charge in [-0.2, -0.15) is 0 Å². The molecule has 9 aliphatic rings. The molecule has 0 heteroatoms. The maximum absolute atomic E-state index is 2.93. The van der Waals surface area contributed by atoms with Crippen LogP contribution in [0.4, 0.5) is 0 Å². The van der Waals surface area contributed by atoms with Crippen LogP contribution in [0.15, 0.2) is 140 Å². The molecule has 14 rings (SSSR count). The molecule has 0 amide bonds. The highest BCUT2D eigenvalue weighted by molar-refractivity contribution is 5.95. The fourth-order valence-corrected chi connectivity index (χ4v) is 19.8. The molecule has 5 aromatic rings. The SMILES string of the molecule is Cc1ccc2ccccc2c1C1=CC2C(CC1)CC1C3C2CCCC3C2C(c3ccccc3-c3ccccc3)C3CC4C5CCC=CC5C5CCCC(C54)C3C(c3ccccc3)C12. The molecule has 0 nitrogen and oxygen atoms in total. The van der Waals surface area contributed by atoms with E-state index in [9.17, 15) is 0 Å². The maximum Gasteiger partial charge on any atom is -0.00903 e. The average Bonchev–Trinajstić information content (AvgIpc) is 3.85. The predicted molar refractivity (Wildman–Crippen MR) is 261 cm³/mol. The minimum Gasteiger partial charge on any atom is -0.0882 e. The lowest BCUT2D eigenvalue weighted by molar-refractivity contribution is -0.0863. The van der Waals surface area contributed by atoms with Gasteiger partial charge in [0.15, 0.2) is 0 Å². The summed E-state index contributed by atoms with van der Waals surface area (Å²) in [5.41, 5.74) is 11.2. The first-order valence-corrected chi connectivity index (χ1v) is 26.3. The third kappa shape index (κ3) is 5.64. The summed E-state index contributed by atoms with van der Waals surface area (Å²) >= 11 is 0. The fraction of sp³-hybridized carbons (Fsp3) is 0.492. The van der Waals surface area contributed by atoms with Crippen LogP contribution < -0.4 is 0 Å². The monoisotopic (exact) mass is 825 g/mol. The van der Waals surface area contributed by atoms with E-state index < -0.39 is 0 Å². The number of hydrogen-bond donors (Lipinski definition) is 0. The lowest BCUT2D eigenvalue weighted by Gasteiger charge is -2.61. The second kappa shape index (κ2) is 14.9. The maximum atomic E-state index is 2.93. The van der Waals surface area contributed by atoms with Crippen LogP contribution >= 0.6 is 0 Å². The summed E-state index contributed by atoms with van der Waals surface area (Å²) in [7, 11) is 0. The van der Waals surface area contributed by atoms with Crippen LogP contribution in [0.1, 0.15) is 111 Å². The van der Waals surface area contributed by atoms with Gasteiger partial charge in [0.2, 0.25) is 0 Å². The number of benzene rings is 5. The minimum absolute atomic E-state index is 0.650. The number of hydrogen-bond acceptors (Lipinski definition) is 0. The van der Waals surface area contributed by atoms with Crippen LogP contribution in [-0.2, 0) is 0 Å². The Kier molecular flexibility index (Phi) is 9.04. The summed E-state index contributed by atoms with van der Waals surface area (Å²) in [6, 6.07) is 48.2. The van der Waals surface area contributed by atoms with Gasteiger partial charge in [0.25, 0.3) is 0 Å². The fourth-order valence-electron chi connectivity index (χ4n) is 19.8. The summed E-state index contributed by atoms with van der Waals surface area (Å²) in [6.45, 7) is 2.38. The molecule has 320 valence electrons.